The van der Waals surface area contributed by atoms with Crippen LogP contribution in [0.1, 0.15) is 38.8 Å². The van der Waals surface area contributed by atoms with Crippen molar-refractivity contribution >= 4 is 0 Å². The van der Waals surface area contributed by atoms with Crippen LogP contribution in [0.25, 0.3) is 0 Å². The van der Waals surface area contributed by atoms with E-state index in [1.165, 1.54) is 25.0 Å². The lowest BCUT2D eigenvalue weighted by Crippen LogP contribution is -2.10. The molecule has 0 saturated heterocycles. The number of aromatic nitrogens is 2. The zero-order chi connectivity index (χ0) is 10.4. The van der Waals surface area contributed by atoms with Gasteiger partial charge in [0.05, 0.1) is 7.11 Å². The molecule has 3 heteroatoms. The molecule has 1 aliphatic heterocycles. The van der Waals surface area contributed by atoms with E-state index in [1.807, 2.05) is 10.7 Å². The first-order valence-electron chi connectivity index (χ1n) is 5.42. The lowest BCUT2D eigenvalue weighted by molar-refractivity contribution is 0.383. The smallest absolute Gasteiger partial charge is 0.232 e. The molecular formula is C11H20N2O. The van der Waals surface area contributed by atoms with Crippen molar-refractivity contribution in [1.82, 2.24) is 9.78 Å². The highest BCUT2D eigenvalue weighted by atomic mass is 16.5. The Kier molecular flexibility index (Phi) is 4.50. The van der Waals surface area contributed by atoms with Gasteiger partial charge in [-0.2, -0.15) is 0 Å². The van der Waals surface area contributed by atoms with Gasteiger partial charge in [0.2, 0.25) is 5.88 Å². The number of methoxy groups -OCH3 is 1. The zero-order valence-corrected chi connectivity index (χ0v) is 9.42. The van der Waals surface area contributed by atoms with E-state index in [1.54, 1.807) is 7.11 Å². The molecule has 0 amide bonds. The molecule has 1 aromatic rings. The summed E-state index contributed by atoms with van der Waals surface area (Å²) in [6.07, 6.45) is 4.93. The molecule has 14 heavy (non-hydrogen) atoms. The number of nitrogens with zero attached hydrogens (tertiary/aromatic N) is 2. The molecule has 0 unspecified atom stereocenters. The quantitative estimate of drug-likeness (QED) is 0.690. The van der Waals surface area contributed by atoms with Gasteiger partial charge in [-0.15, -0.1) is 5.10 Å². The standard InChI is InChI=1S/C8H12N2O.C3H8/c1-11-8-6-7-4-2-3-5-10(7)9-8;1-3-2/h6H,2-5H2,1H3;3H2,1-2H3. The van der Waals surface area contributed by atoms with Crippen LogP contribution in [-0.4, -0.2) is 16.9 Å². The molecule has 0 spiro atoms. The number of aryl methyl sites for hydroxylation is 2. The zero-order valence-electron chi connectivity index (χ0n) is 9.42. The summed E-state index contributed by atoms with van der Waals surface area (Å²) in [6.45, 7) is 5.30. The van der Waals surface area contributed by atoms with E-state index in [0.29, 0.717) is 0 Å². The second-order valence-electron chi connectivity index (χ2n) is 3.57. The Morgan fingerprint density at radius 1 is 1.43 bits per heavy atom. The summed E-state index contributed by atoms with van der Waals surface area (Å²) >= 11 is 0. The summed E-state index contributed by atoms with van der Waals surface area (Å²) in [4.78, 5) is 0. The van der Waals surface area contributed by atoms with E-state index < -0.39 is 0 Å². The van der Waals surface area contributed by atoms with E-state index in [9.17, 15) is 0 Å². The Balaban J connectivity index is 0.000000293. The highest BCUT2D eigenvalue weighted by molar-refractivity contribution is 5.16. The average molecular weight is 196 g/mol. The molecule has 0 bridgehead atoms. The van der Waals surface area contributed by atoms with Gasteiger partial charge in [0, 0.05) is 18.3 Å². The molecule has 0 fully saturated rings. The molecular weight excluding hydrogens is 176 g/mol. The van der Waals surface area contributed by atoms with Crippen molar-refractivity contribution in [3.63, 3.8) is 0 Å². The molecule has 3 nitrogen and oxygen atoms in total. The van der Waals surface area contributed by atoms with E-state index in [-0.39, 0.29) is 0 Å². The van der Waals surface area contributed by atoms with Gasteiger partial charge in [-0.1, -0.05) is 20.3 Å². The van der Waals surface area contributed by atoms with Gasteiger partial charge in [-0.3, -0.25) is 4.68 Å². The maximum atomic E-state index is 5.04. The fourth-order valence-corrected chi connectivity index (χ4v) is 1.49. The number of hydrogen-bond acceptors (Lipinski definition) is 2. The number of rotatable bonds is 1. The fraction of sp³-hybridized carbons (Fsp3) is 0.727. The van der Waals surface area contributed by atoms with Crippen molar-refractivity contribution in [2.45, 2.75) is 46.1 Å². The maximum absolute atomic E-state index is 5.04. The molecule has 2 rings (SSSR count). The van der Waals surface area contributed by atoms with Crippen LogP contribution < -0.4 is 4.74 Å². The second kappa shape index (κ2) is 5.68. The van der Waals surface area contributed by atoms with Gasteiger partial charge in [-0.05, 0) is 19.3 Å². The van der Waals surface area contributed by atoms with Crippen LogP contribution in [0.2, 0.25) is 0 Å². The molecule has 2 heterocycles. The lowest BCUT2D eigenvalue weighted by Gasteiger charge is -2.11. The third kappa shape index (κ3) is 2.76. The van der Waals surface area contributed by atoms with Crippen molar-refractivity contribution in [2.24, 2.45) is 0 Å². The Bertz CT molecular complexity index is 245. The van der Waals surface area contributed by atoms with Crippen molar-refractivity contribution < 1.29 is 4.74 Å². The monoisotopic (exact) mass is 196 g/mol. The van der Waals surface area contributed by atoms with Crippen LogP contribution in [0.15, 0.2) is 6.07 Å². The Morgan fingerprint density at radius 2 is 2.14 bits per heavy atom. The van der Waals surface area contributed by atoms with Crippen molar-refractivity contribution in [2.75, 3.05) is 7.11 Å². The Labute approximate surface area is 86.1 Å². The summed E-state index contributed by atoms with van der Waals surface area (Å²) in [7, 11) is 1.66. The van der Waals surface area contributed by atoms with Gasteiger partial charge in [-0.25, -0.2) is 0 Å². The van der Waals surface area contributed by atoms with Gasteiger partial charge in [0.1, 0.15) is 0 Å². The van der Waals surface area contributed by atoms with Gasteiger partial charge in [0.25, 0.3) is 0 Å². The summed E-state index contributed by atoms with van der Waals surface area (Å²) in [5, 5.41) is 4.26. The molecule has 0 radical (unpaired) electrons. The van der Waals surface area contributed by atoms with Crippen molar-refractivity contribution in [3.05, 3.63) is 11.8 Å². The van der Waals surface area contributed by atoms with Crippen molar-refractivity contribution in [1.29, 1.82) is 0 Å². The third-order valence-corrected chi connectivity index (χ3v) is 2.10. The first kappa shape index (κ1) is 11.1. The third-order valence-electron chi connectivity index (χ3n) is 2.10. The predicted octanol–water partition coefficient (Wildman–Crippen LogP) is 2.64. The first-order valence-corrected chi connectivity index (χ1v) is 5.42. The maximum Gasteiger partial charge on any atom is 0.232 e. The van der Waals surface area contributed by atoms with Crippen LogP contribution in [-0.2, 0) is 13.0 Å². The molecule has 0 N–H and O–H groups in total. The minimum absolute atomic E-state index is 0.752. The largest absolute Gasteiger partial charge is 0.480 e. The van der Waals surface area contributed by atoms with Crippen LogP contribution >= 0.6 is 0 Å². The summed E-state index contributed by atoms with van der Waals surface area (Å²) in [5.41, 5.74) is 1.31. The van der Waals surface area contributed by atoms with Gasteiger partial charge < -0.3 is 4.74 Å². The van der Waals surface area contributed by atoms with Crippen LogP contribution in [0.4, 0.5) is 0 Å². The van der Waals surface area contributed by atoms with Crippen LogP contribution in [0.3, 0.4) is 0 Å². The average Bonchev–Trinajstić information content (AvgIpc) is 2.61. The van der Waals surface area contributed by atoms with E-state index in [2.05, 4.69) is 18.9 Å². The normalized spacial score (nSPS) is 13.9. The topological polar surface area (TPSA) is 27.1 Å². The molecule has 1 aliphatic rings. The molecule has 0 atom stereocenters. The number of fused-ring (bicyclic) bond motifs is 1. The molecule has 80 valence electrons. The second-order valence-corrected chi connectivity index (χ2v) is 3.57. The summed E-state index contributed by atoms with van der Waals surface area (Å²) in [5.74, 6) is 0.752. The summed E-state index contributed by atoms with van der Waals surface area (Å²) < 4.78 is 7.08. The Morgan fingerprint density at radius 3 is 2.71 bits per heavy atom. The molecule has 0 aliphatic carbocycles. The van der Waals surface area contributed by atoms with Gasteiger partial charge >= 0.3 is 0 Å². The lowest BCUT2D eigenvalue weighted by atomic mass is 10.1. The molecule has 0 saturated carbocycles. The number of ether oxygens (including phenoxy) is 1. The minimum Gasteiger partial charge on any atom is -0.480 e. The fourth-order valence-electron chi connectivity index (χ4n) is 1.49. The predicted molar refractivity (Wildman–Crippen MR) is 57.7 cm³/mol. The van der Waals surface area contributed by atoms with Crippen molar-refractivity contribution in [3.8, 4) is 5.88 Å². The highest BCUT2D eigenvalue weighted by Crippen LogP contribution is 2.18. The first-order chi connectivity index (χ1) is 6.81. The van der Waals surface area contributed by atoms with Crippen LogP contribution in [0.5, 0.6) is 5.88 Å². The molecule has 1 aromatic heterocycles. The summed E-state index contributed by atoms with van der Waals surface area (Å²) in [6, 6.07) is 2.03. The van der Waals surface area contributed by atoms with E-state index >= 15 is 0 Å². The SMILES string of the molecule is CCC.COc1cc2n(n1)CCCC2. The minimum atomic E-state index is 0.752. The van der Waals surface area contributed by atoms with E-state index in [4.69, 9.17) is 4.74 Å². The number of hydrogen-bond donors (Lipinski definition) is 0. The highest BCUT2D eigenvalue weighted by Gasteiger charge is 2.11. The molecule has 0 aromatic carbocycles. The Hall–Kier alpha value is -0.990. The van der Waals surface area contributed by atoms with Gasteiger partial charge in [0.15, 0.2) is 0 Å². The van der Waals surface area contributed by atoms with E-state index in [0.717, 1.165) is 18.8 Å². The van der Waals surface area contributed by atoms with Crippen LogP contribution in [0, 0.1) is 0 Å².